The molecule has 0 spiro atoms. The van der Waals surface area contributed by atoms with Crippen LogP contribution in [0.15, 0.2) is 16.9 Å². The highest BCUT2D eigenvalue weighted by Gasteiger charge is 2.23. The summed E-state index contributed by atoms with van der Waals surface area (Å²) in [7, 11) is 3.58. The first kappa shape index (κ1) is 12.9. The Labute approximate surface area is 107 Å². The van der Waals surface area contributed by atoms with Crippen LogP contribution in [-0.2, 0) is 6.54 Å². The van der Waals surface area contributed by atoms with E-state index in [-0.39, 0.29) is 6.03 Å². The van der Waals surface area contributed by atoms with Gasteiger partial charge in [0.2, 0.25) is 0 Å². The number of piperidine rings is 1. The molecular weight excluding hydrogens is 232 g/mol. The molecule has 100 valence electrons. The Morgan fingerprint density at radius 3 is 2.83 bits per heavy atom. The van der Waals surface area contributed by atoms with Crippen molar-refractivity contribution in [3.63, 3.8) is 0 Å². The quantitative estimate of drug-likeness (QED) is 0.868. The molecular formula is C12H20N4O2. The lowest BCUT2D eigenvalue weighted by molar-refractivity contribution is 0.152. The van der Waals surface area contributed by atoms with Crippen molar-refractivity contribution in [3.05, 3.63) is 18.0 Å². The molecule has 6 nitrogen and oxygen atoms in total. The summed E-state index contributed by atoms with van der Waals surface area (Å²) < 4.78 is 4.78. The smallest absolute Gasteiger partial charge is 0.319 e. The van der Waals surface area contributed by atoms with Crippen molar-refractivity contribution < 1.29 is 9.32 Å². The first-order chi connectivity index (χ1) is 8.66. The molecule has 0 saturated carbocycles. The zero-order chi connectivity index (χ0) is 13.0. The van der Waals surface area contributed by atoms with E-state index in [1.807, 2.05) is 11.0 Å². The zero-order valence-corrected chi connectivity index (χ0v) is 10.9. The number of nitrogens with one attached hydrogen (secondary N) is 1. The van der Waals surface area contributed by atoms with Gasteiger partial charge in [0, 0.05) is 45.8 Å². The van der Waals surface area contributed by atoms with Crippen molar-refractivity contribution in [3.8, 4) is 0 Å². The number of hydrogen-bond acceptors (Lipinski definition) is 4. The molecule has 1 aromatic rings. The number of amides is 2. The molecule has 1 saturated heterocycles. The molecule has 1 aliphatic heterocycles. The minimum absolute atomic E-state index is 0.102. The van der Waals surface area contributed by atoms with E-state index < -0.39 is 0 Å². The second-order valence-corrected chi connectivity index (χ2v) is 4.81. The topological polar surface area (TPSA) is 61.6 Å². The molecule has 0 bridgehead atoms. The summed E-state index contributed by atoms with van der Waals surface area (Å²) in [4.78, 5) is 15.3. The van der Waals surface area contributed by atoms with Gasteiger partial charge in [-0.25, -0.2) is 4.79 Å². The van der Waals surface area contributed by atoms with Crippen molar-refractivity contribution in [1.82, 2.24) is 20.3 Å². The van der Waals surface area contributed by atoms with Gasteiger partial charge >= 0.3 is 6.03 Å². The standard InChI is InChI=1S/C12H20N4O2/c1-15(2)12(17)16-6-3-10(4-7-16)13-9-11-5-8-18-14-11/h5,8,10,13H,3-4,6-7,9H2,1-2H3. The number of aromatic nitrogens is 1. The maximum Gasteiger partial charge on any atom is 0.319 e. The van der Waals surface area contributed by atoms with Gasteiger partial charge in [-0.3, -0.25) is 0 Å². The van der Waals surface area contributed by atoms with Gasteiger partial charge in [-0.2, -0.15) is 0 Å². The van der Waals surface area contributed by atoms with Crippen LogP contribution >= 0.6 is 0 Å². The Bertz CT molecular complexity index is 369. The summed E-state index contributed by atoms with van der Waals surface area (Å²) in [6, 6.07) is 2.41. The predicted molar refractivity (Wildman–Crippen MR) is 67.0 cm³/mol. The lowest BCUT2D eigenvalue weighted by atomic mass is 10.1. The van der Waals surface area contributed by atoms with Gasteiger partial charge in [0.15, 0.2) is 0 Å². The minimum atomic E-state index is 0.102. The summed E-state index contributed by atoms with van der Waals surface area (Å²) >= 11 is 0. The summed E-state index contributed by atoms with van der Waals surface area (Å²) in [5, 5.41) is 7.30. The monoisotopic (exact) mass is 252 g/mol. The number of carbonyl (C=O) groups is 1. The molecule has 1 aliphatic rings. The number of likely N-dealkylation sites (tertiary alicyclic amines) is 1. The fourth-order valence-corrected chi connectivity index (χ4v) is 2.14. The van der Waals surface area contributed by atoms with Crippen molar-refractivity contribution in [2.24, 2.45) is 0 Å². The first-order valence-corrected chi connectivity index (χ1v) is 6.25. The van der Waals surface area contributed by atoms with Gasteiger partial charge < -0.3 is 19.6 Å². The highest BCUT2D eigenvalue weighted by Crippen LogP contribution is 2.12. The van der Waals surface area contributed by atoms with Crippen molar-refractivity contribution in [2.75, 3.05) is 27.2 Å². The highest BCUT2D eigenvalue weighted by molar-refractivity contribution is 5.73. The molecule has 0 unspecified atom stereocenters. The summed E-state index contributed by atoms with van der Waals surface area (Å²) in [5.74, 6) is 0. The normalized spacial score (nSPS) is 16.9. The average Bonchev–Trinajstić information content (AvgIpc) is 2.89. The molecule has 2 amide bonds. The second kappa shape index (κ2) is 5.86. The van der Waals surface area contributed by atoms with Crippen LogP contribution in [0.1, 0.15) is 18.5 Å². The molecule has 2 heterocycles. The predicted octanol–water partition coefficient (Wildman–Crippen LogP) is 0.910. The Hall–Kier alpha value is -1.56. The Balaban J connectivity index is 1.72. The minimum Gasteiger partial charge on any atom is -0.364 e. The van der Waals surface area contributed by atoms with Gasteiger partial charge in [-0.1, -0.05) is 5.16 Å². The van der Waals surface area contributed by atoms with Gasteiger partial charge in [-0.05, 0) is 12.8 Å². The third kappa shape index (κ3) is 3.22. The molecule has 6 heteroatoms. The van der Waals surface area contributed by atoms with Gasteiger partial charge in [0.1, 0.15) is 6.26 Å². The van der Waals surface area contributed by atoms with Crippen LogP contribution in [0.5, 0.6) is 0 Å². The average molecular weight is 252 g/mol. The fourth-order valence-electron chi connectivity index (χ4n) is 2.14. The van der Waals surface area contributed by atoms with E-state index in [0.717, 1.165) is 38.2 Å². The van der Waals surface area contributed by atoms with Gasteiger partial charge in [0.25, 0.3) is 0 Å². The largest absolute Gasteiger partial charge is 0.364 e. The van der Waals surface area contributed by atoms with Crippen LogP contribution in [0.4, 0.5) is 4.79 Å². The van der Waals surface area contributed by atoms with E-state index in [0.29, 0.717) is 6.04 Å². The lowest BCUT2D eigenvalue weighted by Gasteiger charge is -2.33. The Kier molecular flexibility index (Phi) is 4.19. The maximum absolute atomic E-state index is 11.8. The zero-order valence-electron chi connectivity index (χ0n) is 10.9. The summed E-state index contributed by atoms with van der Waals surface area (Å²) in [6.45, 7) is 2.35. The molecule has 1 aromatic heterocycles. The van der Waals surface area contributed by atoms with Crippen LogP contribution in [-0.4, -0.2) is 54.2 Å². The van der Waals surface area contributed by atoms with Crippen molar-refractivity contribution in [1.29, 1.82) is 0 Å². The Morgan fingerprint density at radius 2 is 2.28 bits per heavy atom. The maximum atomic E-state index is 11.8. The van der Waals surface area contributed by atoms with Crippen LogP contribution in [0.25, 0.3) is 0 Å². The highest BCUT2D eigenvalue weighted by atomic mass is 16.5. The van der Waals surface area contributed by atoms with Crippen LogP contribution in [0.2, 0.25) is 0 Å². The number of hydrogen-bond donors (Lipinski definition) is 1. The van der Waals surface area contributed by atoms with Crippen LogP contribution in [0, 0.1) is 0 Å². The van der Waals surface area contributed by atoms with Gasteiger partial charge in [-0.15, -0.1) is 0 Å². The third-order valence-corrected chi connectivity index (χ3v) is 3.21. The van der Waals surface area contributed by atoms with Crippen LogP contribution in [0.3, 0.4) is 0 Å². The molecule has 0 aromatic carbocycles. The third-order valence-electron chi connectivity index (χ3n) is 3.21. The summed E-state index contributed by atoms with van der Waals surface area (Å²) in [6.07, 6.45) is 3.55. The number of nitrogens with zero attached hydrogens (tertiary/aromatic N) is 3. The molecule has 0 atom stereocenters. The van der Waals surface area contributed by atoms with E-state index in [1.54, 1.807) is 25.3 Å². The number of urea groups is 1. The summed E-state index contributed by atoms with van der Waals surface area (Å²) in [5.41, 5.74) is 0.918. The lowest BCUT2D eigenvalue weighted by Crippen LogP contribution is -2.47. The molecule has 18 heavy (non-hydrogen) atoms. The molecule has 1 fully saturated rings. The van der Waals surface area contributed by atoms with Crippen LogP contribution < -0.4 is 5.32 Å². The Morgan fingerprint density at radius 1 is 1.56 bits per heavy atom. The fraction of sp³-hybridized carbons (Fsp3) is 0.667. The number of rotatable bonds is 3. The molecule has 2 rings (SSSR count). The molecule has 0 radical (unpaired) electrons. The molecule has 1 N–H and O–H groups in total. The second-order valence-electron chi connectivity index (χ2n) is 4.81. The van der Waals surface area contributed by atoms with E-state index in [2.05, 4.69) is 10.5 Å². The molecule has 0 aliphatic carbocycles. The van der Waals surface area contributed by atoms with E-state index in [9.17, 15) is 4.79 Å². The van der Waals surface area contributed by atoms with E-state index in [4.69, 9.17) is 4.52 Å². The SMILES string of the molecule is CN(C)C(=O)N1CCC(NCc2ccon2)CC1. The van der Waals surface area contributed by atoms with Crippen molar-refractivity contribution in [2.45, 2.75) is 25.4 Å². The van der Waals surface area contributed by atoms with E-state index >= 15 is 0 Å². The van der Waals surface area contributed by atoms with Crippen molar-refractivity contribution >= 4 is 6.03 Å². The van der Waals surface area contributed by atoms with Gasteiger partial charge in [0.05, 0.1) is 5.69 Å². The number of carbonyl (C=O) groups excluding carboxylic acids is 1. The van der Waals surface area contributed by atoms with E-state index in [1.165, 1.54) is 0 Å². The first-order valence-electron chi connectivity index (χ1n) is 6.25.